The number of nitrogens with one attached hydrogen (secondary N) is 1. The standard InChI is InChI=1S/C11H14.C10H13N.C5H12.C4H10.C4H8.C2H5N.4C2H6/c1-4-10(3)11-7-5-9(2)6-8-11;1-4-9-7-8(2)5-6-10(9)11-3;1-4-5(2)3;2*1-3-4-2;1-3-2;4*1-2/h4-8H,1-3H3;4-7,11H,1H2,2-3H3;5H,4H2,1-3H3;3-4H2,1-2H3;3H,1,4H2,2H3;1H2,2H3;4*1-2H3/b10-4+;;;;;;;;;. The Labute approximate surface area is 294 Å². The van der Waals surface area contributed by atoms with Crippen LogP contribution in [0.2, 0.25) is 0 Å². The lowest BCUT2D eigenvalue weighted by molar-refractivity contribution is 0.626. The molecule has 0 saturated heterocycles. The molecule has 0 heterocycles. The predicted molar refractivity (Wildman–Crippen MR) is 228 cm³/mol. The molecule has 0 aliphatic rings. The zero-order valence-electron chi connectivity index (χ0n) is 35.2. The second kappa shape index (κ2) is 61.2. The normalized spacial score (nSPS) is 8.07. The topological polar surface area (TPSA) is 24.4 Å². The summed E-state index contributed by atoms with van der Waals surface area (Å²) in [5, 5.41) is 3.10. The van der Waals surface area contributed by atoms with Gasteiger partial charge in [-0.1, -0.05) is 182 Å². The van der Waals surface area contributed by atoms with Crippen molar-refractivity contribution in [2.45, 2.75) is 150 Å². The van der Waals surface area contributed by atoms with E-state index in [0.717, 1.165) is 23.6 Å². The minimum absolute atomic E-state index is 0.884. The van der Waals surface area contributed by atoms with Crippen molar-refractivity contribution in [3.63, 3.8) is 0 Å². The van der Waals surface area contributed by atoms with Crippen LogP contribution in [0.4, 0.5) is 5.69 Å². The zero-order chi connectivity index (χ0) is 38.4. The molecule has 0 unspecified atom stereocenters. The predicted octanol–water partition coefficient (Wildman–Crippen LogP) is 16.0. The first kappa shape index (κ1) is 62.0. The van der Waals surface area contributed by atoms with Crippen LogP contribution in [-0.4, -0.2) is 20.8 Å². The Morgan fingerprint density at radius 3 is 1.37 bits per heavy atom. The van der Waals surface area contributed by atoms with Gasteiger partial charge in [-0.2, -0.15) is 0 Å². The van der Waals surface area contributed by atoms with Gasteiger partial charge in [-0.25, -0.2) is 0 Å². The summed E-state index contributed by atoms with van der Waals surface area (Å²) in [6.07, 6.45) is 10.9. The summed E-state index contributed by atoms with van der Waals surface area (Å²) in [5.41, 5.74) is 7.53. The number of hydrogen-bond donors (Lipinski definition) is 1. The van der Waals surface area contributed by atoms with E-state index in [1.54, 1.807) is 7.05 Å². The molecule has 272 valence electrons. The highest BCUT2D eigenvalue weighted by atomic mass is 14.8. The van der Waals surface area contributed by atoms with Crippen LogP contribution in [0.3, 0.4) is 0 Å². The van der Waals surface area contributed by atoms with Gasteiger partial charge in [0.15, 0.2) is 0 Å². The van der Waals surface area contributed by atoms with Gasteiger partial charge in [0.2, 0.25) is 0 Å². The molecule has 2 heteroatoms. The molecular weight excluding hydrogens is 556 g/mol. The van der Waals surface area contributed by atoms with Gasteiger partial charge < -0.3 is 10.3 Å². The number of nitrogens with zero attached hydrogens (tertiary/aromatic N) is 1. The number of anilines is 1. The van der Waals surface area contributed by atoms with E-state index in [2.05, 4.69) is 148 Å². The number of unbranched alkanes of at least 4 members (excludes halogenated alkanes) is 1. The first-order valence-electron chi connectivity index (χ1n) is 18.1. The Morgan fingerprint density at radius 1 is 0.783 bits per heavy atom. The average molecular weight is 643 g/mol. The van der Waals surface area contributed by atoms with Crippen molar-refractivity contribution >= 4 is 24.1 Å². The Bertz CT molecular complexity index is 825. The third kappa shape index (κ3) is 56.9. The monoisotopic (exact) mass is 643 g/mol. The summed E-state index contributed by atoms with van der Waals surface area (Å²) >= 11 is 0. The third-order valence-corrected chi connectivity index (χ3v) is 5.24. The molecule has 2 aromatic rings. The number of aliphatic imine (C=N–C) groups is 1. The van der Waals surface area contributed by atoms with Crippen LogP contribution in [0.5, 0.6) is 0 Å². The summed E-state index contributed by atoms with van der Waals surface area (Å²) in [6.45, 7) is 47.8. The van der Waals surface area contributed by atoms with Crippen LogP contribution in [0.1, 0.15) is 159 Å². The van der Waals surface area contributed by atoms with Crippen LogP contribution in [0.25, 0.3) is 11.6 Å². The molecule has 0 atom stereocenters. The maximum absolute atomic E-state index is 3.74. The SMILES string of the molecule is C/C=C(\C)c1ccc(C)cc1.C=CCC.C=Cc1cc(C)ccc1NC.C=NC.CC.CC.CC.CC.CCC(C)C.CCCC. The van der Waals surface area contributed by atoms with Crippen LogP contribution in [0, 0.1) is 19.8 Å². The van der Waals surface area contributed by atoms with Crippen LogP contribution < -0.4 is 5.32 Å². The van der Waals surface area contributed by atoms with Crippen molar-refractivity contribution in [2.24, 2.45) is 10.9 Å². The smallest absolute Gasteiger partial charge is 0.0411 e. The molecule has 2 aromatic carbocycles. The molecule has 46 heavy (non-hydrogen) atoms. The fourth-order valence-corrected chi connectivity index (χ4v) is 2.06. The van der Waals surface area contributed by atoms with E-state index in [0.29, 0.717) is 0 Å². The molecule has 0 radical (unpaired) electrons. The first-order valence-corrected chi connectivity index (χ1v) is 18.1. The lowest BCUT2D eigenvalue weighted by atomic mass is 10.1. The molecule has 2 nitrogen and oxygen atoms in total. The quantitative estimate of drug-likeness (QED) is 0.246. The van der Waals surface area contributed by atoms with Crippen molar-refractivity contribution in [3.05, 3.63) is 90.0 Å². The Kier molecular flexibility index (Phi) is 82.5. The van der Waals surface area contributed by atoms with Gasteiger partial charge in [0, 0.05) is 19.8 Å². The molecule has 0 spiro atoms. The molecule has 0 aliphatic carbocycles. The van der Waals surface area contributed by atoms with Crippen molar-refractivity contribution in [1.29, 1.82) is 0 Å². The molecule has 0 aliphatic heterocycles. The second-order valence-electron chi connectivity index (χ2n) is 9.20. The molecular formula is C44H86N2. The van der Waals surface area contributed by atoms with E-state index in [9.17, 15) is 0 Å². The van der Waals surface area contributed by atoms with Crippen molar-refractivity contribution in [1.82, 2.24) is 0 Å². The molecule has 0 saturated carbocycles. The lowest BCUT2D eigenvalue weighted by Crippen LogP contribution is -1.91. The fourth-order valence-electron chi connectivity index (χ4n) is 2.06. The van der Waals surface area contributed by atoms with E-state index >= 15 is 0 Å². The summed E-state index contributed by atoms with van der Waals surface area (Å²) in [6, 6.07) is 14.9. The van der Waals surface area contributed by atoms with Crippen molar-refractivity contribution in [2.75, 3.05) is 19.4 Å². The largest absolute Gasteiger partial charge is 0.388 e. The highest BCUT2D eigenvalue weighted by Crippen LogP contribution is 2.17. The zero-order valence-corrected chi connectivity index (χ0v) is 35.2. The number of allylic oxidation sites excluding steroid dienone is 3. The molecule has 0 amide bonds. The van der Waals surface area contributed by atoms with Crippen molar-refractivity contribution in [3.8, 4) is 0 Å². The molecule has 1 N–H and O–H groups in total. The number of rotatable bonds is 6. The highest BCUT2D eigenvalue weighted by molar-refractivity contribution is 5.66. The van der Waals surface area contributed by atoms with Gasteiger partial charge in [-0.15, -0.1) is 6.58 Å². The molecule has 0 fully saturated rings. The van der Waals surface area contributed by atoms with E-state index < -0.39 is 0 Å². The minimum Gasteiger partial charge on any atom is -0.388 e. The summed E-state index contributed by atoms with van der Waals surface area (Å²) in [5.74, 6) is 0.884. The van der Waals surface area contributed by atoms with Crippen LogP contribution >= 0.6 is 0 Å². The summed E-state index contributed by atoms with van der Waals surface area (Å²) < 4.78 is 0. The maximum atomic E-state index is 3.74. The Morgan fingerprint density at radius 2 is 1.13 bits per heavy atom. The second-order valence-corrected chi connectivity index (χ2v) is 9.20. The van der Waals surface area contributed by atoms with Gasteiger partial charge in [0.1, 0.15) is 0 Å². The van der Waals surface area contributed by atoms with Gasteiger partial charge >= 0.3 is 0 Å². The molecule has 0 aromatic heterocycles. The van der Waals surface area contributed by atoms with Gasteiger partial charge in [-0.3, -0.25) is 0 Å². The molecule has 0 bridgehead atoms. The van der Waals surface area contributed by atoms with E-state index in [1.165, 1.54) is 41.5 Å². The van der Waals surface area contributed by atoms with E-state index in [4.69, 9.17) is 0 Å². The number of benzene rings is 2. The Hall–Kier alpha value is -2.87. The summed E-state index contributed by atoms with van der Waals surface area (Å²) in [4.78, 5) is 3.25. The van der Waals surface area contributed by atoms with Gasteiger partial charge in [-0.05, 0) is 75.6 Å². The average Bonchev–Trinajstić information content (AvgIpc) is 3.12. The summed E-state index contributed by atoms with van der Waals surface area (Å²) in [7, 11) is 3.55. The van der Waals surface area contributed by atoms with Crippen molar-refractivity contribution < 1.29 is 0 Å². The maximum Gasteiger partial charge on any atom is 0.0411 e. The van der Waals surface area contributed by atoms with Gasteiger partial charge in [0.05, 0.1) is 0 Å². The number of hydrogen-bond acceptors (Lipinski definition) is 2. The lowest BCUT2D eigenvalue weighted by Gasteiger charge is -2.05. The van der Waals surface area contributed by atoms with Gasteiger partial charge in [0.25, 0.3) is 0 Å². The van der Waals surface area contributed by atoms with Crippen LogP contribution in [-0.2, 0) is 0 Å². The van der Waals surface area contributed by atoms with E-state index in [-0.39, 0.29) is 0 Å². The number of aryl methyl sites for hydroxylation is 2. The van der Waals surface area contributed by atoms with E-state index in [1.807, 2.05) is 74.6 Å². The highest BCUT2D eigenvalue weighted by Gasteiger charge is 1.95. The third-order valence-electron chi connectivity index (χ3n) is 5.24. The van der Waals surface area contributed by atoms with Crippen LogP contribution in [0.15, 0.2) is 72.8 Å². The molecule has 2 rings (SSSR count). The Balaban J connectivity index is -0.0000000637. The fraction of sp³-hybridized carbons (Fsp3) is 0.568. The minimum atomic E-state index is 0.884. The first-order chi connectivity index (χ1) is 22.0.